The molecule has 6 heteroatoms. The van der Waals surface area contributed by atoms with Crippen LogP contribution in [0.1, 0.15) is 50.1 Å². The number of carboxylic acids is 1. The Bertz CT molecular complexity index is 723. The first kappa shape index (κ1) is 19.3. The van der Waals surface area contributed by atoms with E-state index in [1.54, 1.807) is 0 Å². The third kappa shape index (κ3) is 5.49. The van der Waals surface area contributed by atoms with Gasteiger partial charge in [-0.05, 0) is 44.0 Å². The van der Waals surface area contributed by atoms with Gasteiger partial charge in [-0.15, -0.1) is 0 Å². The number of carboxylic acid groups (broad SMARTS) is 1. The smallest absolute Gasteiger partial charge is 0.303 e. The summed E-state index contributed by atoms with van der Waals surface area (Å²) in [5.74, 6) is 0.00277. The first-order chi connectivity index (χ1) is 11.9. The predicted octanol–water partition coefficient (Wildman–Crippen LogP) is 4.48. The molecule has 0 saturated heterocycles. The van der Waals surface area contributed by atoms with Gasteiger partial charge >= 0.3 is 5.97 Å². The van der Waals surface area contributed by atoms with Gasteiger partial charge in [0.05, 0.1) is 24.8 Å². The average Bonchev–Trinajstić information content (AvgIpc) is 2.92. The Morgan fingerprint density at radius 3 is 2.68 bits per heavy atom. The molecule has 0 atom stereocenters. The summed E-state index contributed by atoms with van der Waals surface area (Å²) in [6, 6.07) is 7.56. The number of rotatable bonds is 9. The minimum Gasteiger partial charge on any atom is -0.490 e. The maximum Gasteiger partial charge on any atom is 0.303 e. The Kier molecular flexibility index (Phi) is 6.88. The van der Waals surface area contributed by atoms with Gasteiger partial charge in [0.1, 0.15) is 5.75 Å². The number of aryl methyl sites for hydroxylation is 2. The highest BCUT2D eigenvalue weighted by atomic mass is 35.5. The maximum absolute atomic E-state index is 10.7. The molecular formula is C19H25ClN2O3. The number of nitrogens with zero attached hydrogens (tertiary/aromatic N) is 2. The van der Waals surface area contributed by atoms with Crippen molar-refractivity contribution >= 4 is 17.6 Å². The van der Waals surface area contributed by atoms with Gasteiger partial charge in [0.25, 0.3) is 0 Å². The van der Waals surface area contributed by atoms with Crippen molar-refractivity contribution in [3.63, 3.8) is 0 Å². The van der Waals surface area contributed by atoms with Crippen LogP contribution in [0, 0.1) is 6.92 Å². The topological polar surface area (TPSA) is 64.4 Å². The second-order valence-electron chi connectivity index (χ2n) is 6.14. The van der Waals surface area contributed by atoms with E-state index >= 15 is 0 Å². The molecule has 0 radical (unpaired) electrons. The molecule has 0 unspecified atom stereocenters. The molecule has 2 rings (SSSR count). The summed E-state index contributed by atoms with van der Waals surface area (Å²) in [6.45, 7) is 6.71. The third-order valence-electron chi connectivity index (χ3n) is 4.17. The van der Waals surface area contributed by atoms with Crippen LogP contribution in [0.3, 0.4) is 0 Å². The van der Waals surface area contributed by atoms with E-state index in [0.717, 1.165) is 35.5 Å². The molecule has 0 amide bonds. The van der Waals surface area contributed by atoms with Crippen molar-refractivity contribution in [2.75, 3.05) is 0 Å². The number of hydrogen-bond donors (Lipinski definition) is 1. The monoisotopic (exact) mass is 364 g/mol. The molecule has 0 spiro atoms. The van der Waals surface area contributed by atoms with Crippen molar-refractivity contribution in [2.24, 2.45) is 0 Å². The van der Waals surface area contributed by atoms with E-state index in [9.17, 15) is 4.79 Å². The quantitative estimate of drug-likeness (QED) is 0.712. The molecule has 2 aromatic rings. The summed E-state index contributed by atoms with van der Waals surface area (Å²) in [4.78, 5) is 10.7. The van der Waals surface area contributed by atoms with E-state index in [4.69, 9.17) is 21.4 Å². The van der Waals surface area contributed by atoms with Crippen LogP contribution in [0.25, 0.3) is 0 Å². The lowest BCUT2D eigenvalue weighted by Crippen LogP contribution is -2.15. The van der Waals surface area contributed by atoms with Gasteiger partial charge in [0, 0.05) is 22.7 Å². The number of carbonyl (C=O) groups is 1. The van der Waals surface area contributed by atoms with Crippen molar-refractivity contribution in [1.29, 1.82) is 0 Å². The lowest BCUT2D eigenvalue weighted by atomic mass is 10.1. The van der Waals surface area contributed by atoms with Crippen LogP contribution in [0.5, 0.6) is 5.75 Å². The minimum atomic E-state index is -0.817. The lowest BCUT2D eigenvalue weighted by Gasteiger charge is -2.19. The predicted molar refractivity (Wildman–Crippen MR) is 98.5 cm³/mol. The highest BCUT2D eigenvalue weighted by Crippen LogP contribution is 2.26. The van der Waals surface area contributed by atoms with E-state index in [-0.39, 0.29) is 12.5 Å². The van der Waals surface area contributed by atoms with Gasteiger partial charge in [0.15, 0.2) is 0 Å². The fourth-order valence-corrected chi connectivity index (χ4v) is 2.87. The first-order valence-electron chi connectivity index (χ1n) is 8.63. The summed E-state index contributed by atoms with van der Waals surface area (Å²) in [5, 5.41) is 14.0. The van der Waals surface area contributed by atoms with Crippen LogP contribution < -0.4 is 4.74 Å². The zero-order chi connectivity index (χ0) is 18.4. The van der Waals surface area contributed by atoms with Gasteiger partial charge in [0.2, 0.25) is 0 Å². The number of aliphatic carboxylic acids is 1. The normalized spacial score (nSPS) is 11.1. The van der Waals surface area contributed by atoms with Crippen molar-refractivity contribution < 1.29 is 14.6 Å². The molecule has 0 saturated carbocycles. The zero-order valence-corrected chi connectivity index (χ0v) is 15.7. The minimum absolute atomic E-state index is 0.0800. The molecule has 25 heavy (non-hydrogen) atoms. The molecular weight excluding hydrogens is 340 g/mol. The zero-order valence-electron chi connectivity index (χ0n) is 15.0. The second-order valence-corrected chi connectivity index (χ2v) is 6.57. The molecule has 0 bridgehead atoms. The van der Waals surface area contributed by atoms with Crippen LogP contribution in [0.2, 0.25) is 5.02 Å². The largest absolute Gasteiger partial charge is 0.490 e. The Morgan fingerprint density at radius 1 is 1.32 bits per heavy atom. The van der Waals surface area contributed by atoms with Crippen LogP contribution in [-0.4, -0.2) is 27.0 Å². The number of hydrogen-bond acceptors (Lipinski definition) is 3. The number of aromatic nitrogens is 2. The Hall–Kier alpha value is -2.01. The first-order valence-corrected chi connectivity index (χ1v) is 9.00. The van der Waals surface area contributed by atoms with Gasteiger partial charge in [-0.25, -0.2) is 0 Å². The lowest BCUT2D eigenvalue weighted by molar-refractivity contribution is -0.136. The summed E-state index contributed by atoms with van der Waals surface area (Å²) in [5.41, 5.74) is 2.73. The van der Waals surface area contributed by atoms with Crippen molar-refractivity contribution in [1.82, 2.24) is 9.78 Å². The van der Waals surface area contributed by atoms with Crippen molar-refractivity contribution in [3.8, 4) is 5.75 Å². The molecule has 1 N–H and O–H groups in total. The van der Waals surface area contributed by atoms with Crippen molar-refractivity contribution in [2.45, 2.75) is 59.1 Å². The maximum atomic E-state index is 10.7. The van der Waals surface area contributed by atoms with Gasteiger partial charge < -0.3 is 9.84 Å². The third-order valence-corrected chi connectivity index (χ3v) is 4.41. The number of ether oxygens (including phenoxy) is 1. The highest BCUT2D eigenvalue weighted by Gasteiger charge is 2.13. The SMILES string of the molecule is CCC(CC)Oc1ccc(Cl)cc1Cn1nc(CCC(=O)O)cc1C. The van der Waals surface area contributed by atoms with E-state index in [1.165, 1.54) is 0 Å². The molecule has 0 aliphatic heterocycles. The summed E-state index contributed by atoms with van der Waals surface area (Å²) < 4.78 is 7.98. The van der Waals surface area contributed by atoms with Crippen LogP contribution in [-0.2, 0) is 17.8 Å². The fraction of sp³-hybridized carbons (Fsp3) is 0.474. The van der Waals surface area contributed by atoms with Crippen LogP contribution in [0.4, 0.5) is 0 Å². The molecule has 0 aliphatic carbocycles. The molecule has 0 aliphatic rings. The summed E-state index contributed by atoms with van der Waals surface area (Å²) >= 11 is 6.17. The standard InChI is InChI=1S/C19H25ClN2O3/c1-4-17(5-2)25-18-8-6-15(20)11-14(18)12-22-13(3)10-16(21-22)7-9-19(23)24/h6,8,10-11,17H,4-5,7,9,12H2,1-3H3,(H,23,24). The number of benzene rings is 1. The fourth-order valence-electron chi connectivity index (χ4n) is 2.68. The molecule has 1 aromatic carbocycles. The molecule has 136 valence electrons. The van der Waals surface area contributed by atoms with E-state index in [0.29, 0.717) is 18.0 Å². The van der Waals surface area contributed by atoms with E-state index in [2.05, 4.69) is 18.9 Å². The van der Waals surface area contributed by atoms with Crippen LogP contribution in [0.15, 0.2) is 24.3 Å². The van der Waals surface area contributed by atoms with Crippen LogP contribution >= 0.6 is 11.6 Å². The summed E-state index contributed by atoms with van der Waals surface area (Å²) in [7, 11) is 0. The Labute approximate surface area is 153 Å². The molecule has 1 aromatic heterocycles. The van der Waals surface area contributed by atoms with E-state index in [1.807, 2.05) is 35.9 Å². The summed E-state index contributed by atoms with van der Waals surface area (Å²) in [6.07, 6.45) is 2.56. The molecule has 5 nitrogen and oxygen atoms in total. The second kappa shape index (κ2) is 8.90. The van der Waals surface area contributed by atoms with Crippen molar-refractivity contribution in [3.05, 3.63) is 46.2 Å². The Morgan fingerprint density at radius 2 is 2.04 bits per heavy atom. The van der Waals surface area contributed by atoms with Gasteiger partial charge in [-0.1, -0.05) is 25.4 Å². The average molecular weight is 365 g/mol. The van der Waals surface area contributed by atoms with E-state index < -0.39 is 5.97 Å². The van der Waals surface area contributed by atoms with Gasteiger partial charge in [-0.3, -0.25) is 9.48 Å². The Balaban J connectivity index is 2.21. The van der Waals surface area contributed by atoms with Gasteiger partial charge in [-0.2, -0.15) is 5.10 Å². The number of halogens is 1. The molecule has 1 heterocycles. The molecule has 0 fully saturated rings. The highest BCUT2D eigenvalue weighted by molar-refractivity contribution is 6.30.